The predicted octanol–water partition coefficient (Wildman–Crippen LogP) is 3.22. The van der Waals surface area contributed by atoms with E-state index in [4.69, 9.17) is 9.47 Å². The number of benzene rings is 2. The van der Waals surface area contributed by atoms with Crippen molar-refractivity contribution in [2.24, 2.45) is 0 Å². The lowest BCUT2D eigenvalue weighted by Gasteiger charge is -2.29. The topological polar surface area (TPSA) is 38.8 Å². The molecule has 1 unspecified atom stereocenters. The fourth-order valence-electron chi connectivity index (χ4n) is 2.37. The number of halogens is 1. The lowest BCUT2D eigenvalue weighted by molar-refractivity contribution is -0.128. The molecule has 6 heteroatoms. The van der Waals surface area contributed by atoms with Gasteiger partial charge in [0.25, 0.3) is 0 Å². The van der Waals surface area contributed by atoms with Gasteiger partial charge in [-0.25, -0.2) is 4.39 Å². The number of fused-ring (bicyclic) bond motifs is 1. The highest BCUT2D eigenvalue weighted by Gasteiger charge is 2.23. The van der Waals surface area contributed by atoms with Crippen molar-refractivity contribution in [2.45, 2.75) is 11.0 Å². The van der Waals surface area contributed by atoms with Gasteiger partial charge in [0.05, 0.1) is 12.3 Å². The third kappa shape index (κ3) is 4.00. The number of ether oxygens (including phenoxy) is 2. The maximum atomic E-state index is 13.6. The van der Waals surface area contributed by atoms with E-state index in [1.165, 1.54) is 17.8 Å². The van der Waals surface area contributed by atoms with Crippen molar-refractivity contribution in [3.05, 3.63) is 54.3 Å². The molecule has 0 bridgehead atoms. The van der Waals surface area contributed by atoms with Crippen molar-refractivity contribution in [3.8, 4) is 11.5 Å². The first kappa shape index (κ1) is 16.6. The van der Waals surface area contributed by atoms with E-state index in [2.05, 4.69) is 0 Å². The van der Waals surface area contributed by atoms with Crippen LogP contribution >= 0.6 is 11.8 Å². The van der Waals surface area contributed by atoms with Gasteiger partial charge in [-0.2, -0.15) is 0 Å². The van der Waals surface area contributed by atoms with Crippen molar-refractivity contribution in [1.82, 2.24) is 4.90 Å². The number of amides is 1. The lowest BCUT2D eigenvalue weighted by Crippen LogP contribution is -2.42. The second-order valence-corrected chi connectivity index (χ2v) is 6.51. The summed E-state index contributed by atoms with van der Waals surface area (Å²) in [6, 6.07) is 13.9. The van der Waals surface area contributed by atoms with E-state index in [0.29, 0.717) is 23.8 Å². The Balaban J connectivity index is 1.51. The maximum Gasteiger partial charge on any atom is 0.232 e. The van der Waals surface area contributed by atoms with E-state index in [1.807, 2.05) is 24.3 Å². The zero-order valence-electron chi connectivity index (χ0n) is 13.3. The van der Waals surface area contributed by atoms with Crippen LogP contribution in [-0.2, 0) is 4.79 Å². The highest BCUT2D eigenvalue weighted by Crippen LogP contribution is 2.31. The van der Waals surface area contributed by atoms with Crippen molar-refractivity contribution in [1.29, 1.82) is 0 Å². The zero-order valence-corrected chi connectivity index (χ0v) is 14.1. The number of likely N-dealkylation sites (N-methyl/N-ethyl adjacent to an activating group) is 1. The Morgan fingerprint density at radius 3 is 2.71 bits per heavy atom. The van der Waals surface area contributed by atoms with Crippen LogP contribution in [0.1, 0.15) is 0 Å². The Labute approximate surface area is 144 Å². The second-order valence-electron chi connectivity index (χ2n) is 5.49. The number of para-hydroxylation sites is 2. The first-order valence-corrected chi connectivity index (χ1v) is 8.62. The highest BCUT2D eigenvalue weighted by atomic mass is 32.2. The Hall–Kier alpha value is -2.21. The fourth-order valence-corrected chi connectivity index (χ4v) is 3.25. The van der Waals surface area contributed by atoms with Crippen molar-refractivity contribution < 1.29 is 18.7 Å². The van der Waals surface area contributed by atoms with E-state index in [-0.39, 0.29) is 23.6 Å². The second kappa shape index (κ2) is 7.57. The molecule has 1 atom stereocenters. The first-order chi connectivity index (χ1) is 11.6. The molecule has 1 aliphatic heterocycles. The summed E-state index contributed by atoms with van der Waals surface area (Å²) in [4.78, 5) is 14.3. The minimum Gasteiger partial charge on any atom is -0.486 e. The summed E-state index contributed by atoms with van der Waals surface area (Å²) in [5.74, 6) is 1.21. The first-order valence-electron chi connectivity index (χ1n) is 7.63. The number of carbonyl (C=O) groups excluding carboxylic acids is 1. The van der Waals surface area contributed by atoms with Crippen molar-refractivity contribution in [2.75, 3.05) is 26.0 Å². The summed E-state index contributed by atoms with van der Waals surface area (Å²) in [7, 11) is 1.72. The molecule has 0 fully saturated rings. The Morgan fingerprint density at radius 1 is 1.21 bits per heavy atom. The van der Waals surface area contributed by atoms with Crippen LogP contribution in [0.15, 0.2) is 53.4 Å². The van der Waals surface area contributed by atoms with Gasteiger partial charge in [-0.1, -0.05) is 24.3 Å². The number of nitrogens with zero attached hydrogens (tertiary/aromatic N) is 1. The molecule has 3 rings (SSSR count). The van der Waals surface area contributed by atoms with Gasteiger partial charge >= 0.3 is 0 Å². The summed E-state index contributed by atoms with van der Waals surface area (Å²) < 4.78 is 25.1. The molecule has 1 aliphatic rings. The van der Waals surface area contributed by atoms with Gasteiger partial charge in [-0.05, 0) is 24.3 Å². The molecule has 4 nitrogen and oxygen atoms in total. The molecule has 0 radical (unpaired) electrons. The molecule has 2 aromatic carbocycles. The number of carbonyl (C=O) groups is 1. The molecular weight excluding hydrogens is 329 g/mol. The smallest absolute Gasteiger partial charge is 0.232 e. The summed E-state index contributed by atoms with van der Waals surface area (Å²) in [5, 5.41) is 0. The summed E-state index contributed by atoms with van der Waals surface area (Å²) in [6.07, 6.45) is -0.215. The Kier molecular flexibility index (Phi) is 5.25. The Morgan fingerprint density at radius 2 is 1.92 bits per heavy atom. The number of hydrogen-bond donors (Lipinski definition) is 0. The largest absolute Gasteiger partial charge is 0.486 e. The maximum absolute atomic E-state index is 13.6. The van der Waals surface area contributed by atoms with Gasteiger partial charge in [0.15, 0.2) is 17.6 Å². The highest BCUT2D eigenvalue weighted by molar-refractivity contribution is 8.00. The standard InChI is InChI=1S/C18H18FNO3S/c1-20(18(21)12-24-17-9-5-2-6-14(17)19)10-13-11-22-15-7-3-4-8-16(15)23-13/h2-9,13H,10-12H2,1H3. The number of rotatable bonds is 5. The third-order valence-corrected chi connectivity index (χ3v) is 4.69. The normalized spacial score (nSPS) is 15.8. The average molecular weight is 347 g/mol. The summed E-state index contributed by atoms with van der Waals surface area (Å²) in [5.41, 5.74) is 0. The predicted molar refractivity (Wildman–Crippen MR) is 91.1 cm³/mol. The van der Waals surface area contributed by atoms with Gasteiger partial charge in [0.1, 0.15) is 12.4 Å². The van der Waals surface area contributed by atoms with Gasteiger partial charge in [0, 0.05) is 11.9 Å². The van der Waals surface area contributed by atoms with E-state index < -0.39 is 0 Å². The van der Waals surface area contributed by atoms with Crippen LogP contribution in [-0.4, -0.2) is 42.9 Å². The van der Waals surface area contributed by atoms with Crippen LogP contribution in [0, 0.1) is 5.82 Å². The van der Waals surface area contributed by atoms with E-state index >= 15 is 0 Å². The zero-order chi connectivity index (χ0) is 16.9. The number of hydrogen-bond acceptors (Lipinski definition) is 4. The SMILES string of the molecule is CN(CC1COc2ccccc2O1)C(=O)CSc1ccccc1F. The molecule has 0 saturated carbocycles. The summed E-state index contributed by atoms with van der Waals surface area (Å²) >= 11 is 1.20. The van der Waals surface area contributed by atoms with Crippen molar-refractivity contribution in [3.63, 3.8) is 0 Å². The molecule has 0 spiro atoms. The molecule has 126 valence electrons. The molecule has 1 amide bonds. The van der Waals surface area contributed by atoms with Crippen LogP contribution in [0.2, 0.25) is 0 Å². The van der Waals surface area contributed by atoms with Gasteiger partial charge < -0.3 is 14.4 Å². The van der Waals surface area contributed by atoms with E-state index in [9.17, 15) is 9.18 Å². The number of thioether (sulfide) groups is 1. The van der Waals surface area contributed by atoms with E-state index in [1.54, 1.807) is 30.1 Å². The summed E-state index contributed by atoms with van der Waals surface area (Å²) in [6.45, 7) is 0.820. The van der Waals surface area contributed by atoms with E-state index in [0.717, 1.165) is 5.75 Å². The lowest BCUT2D eigenvalue weighted by atomic mass is 10.2. The molecule has 0 aromatic heterocycles. The molecule has 1 heterocycles. The molecule has 0 aliphatic carbocycles. The molecule has 24 heavy (non-hydrogen) atoms. The van der Waals surface area contributed by atoms with Crippen LogP contribution < -0.4 is 9.47 Å². The molecule has 0 saturated heterocycles. The molecule has 0 N–H and O–H groups in total. The van der Waals surface area contributed by atoms with Crippen LogP contribution in [0.5, 0.6) is 11.5 Å². The van der Waals surface area contributed by atoms with Crippen LogP contribution in [0.4, 0.5) is 4.39 Å². The average Bonchev–Trinajstić information content (AvgIpc) is 2.60. The minimum absolute atomic E-state index is 0.0780. The third-order valence-electron chi connectivity index (χ3n) is 3.66. The minimum atomic E-state index is -0.307. The van der Waals surface area contributed by atoms with Crippen LogP contribution in [0.25, 0.3) is 0 Å². The monoisotopic (exact) mass is 347 g/mol. The fraction of sp³-hybridized carbons (Fsp3) is 0.278. The molecule has 2 aromatic rings. The Bertz CT molecular complexity index is 725. The van der Waals surface area contributed by atoms with Gasteiger partial charge in [-0.15, -0.1) is 11.8 Å². The van der Waals surface area contributed by atoms with Gasteiger partial charge in [0.2, 0.25) is 5.91 Å². The quantitative estimate of drug-likeness (QED) is 0.779. The van der Waals surface area contributed by atoms with Crippen molar-refractivity contribution >= 4 is 17.7 Å². The van der Waals surface area contributed by atoms with Gasteiger partial charge in [-0.3, -0.25) is 4.79 Å². The van der Waals surface area contributed by atoms with Crippen LogP contribution in [0.3, 0.4) is 0 Å². The molecular formula is C18H18FNO3S.